The van der Waals surface area contributed by atoms with Crippen LogP contribution in [0.5, 0.6) is 0 Å². The second-order valence-electron chi connectivity index (χ2n) is 8.42. The van der Waals surface area contributed by atoms with Gasteiger partial charge in [0, 0.05) is 5.54 Å². The molecule has 0 aliphatic heterocycles. The van der Waals surface area contributed by atoms with E-state index in [2.05, 4.69) is 36.6 Å². The maximum atomic E-state index is 12.6. The Morgan fingerprint density at radius 3 is 2.12 bits per heavy atom. The summed E-state index contributed by atoms with van der Waals surface area (Å²) in [6.07, 6.45) is 0.891. The Hall–Kier alpha value is -1.88. The van der Waals surface area contributed by atoms with Gasteiger partial charge in [-0.3, -0.25) is 9.59 Å². The summed E-state index contributed by atoms with van der Waals surface area (Å²) in [5.41, 5.74) is 0.867. The van der Waals surface area contributed by atoms with Gasteiger partial charge in [-0.1, -0.05) is 44.2 Å². The van der Waals surface area contributed by atoms with Crippen molar-refractivity contribution in [1.29, 1.82) is 0 Å². The molecule has 0 bridgehead atoms. The molecule has 5 nitrogen and oxygen atoms in total. The van der Waals surface area contributed by atoms with Gasteiger partial charge in [0.2, 0.25) is 0 Å². The average Bonchev–Trinajstić information content (AvgIpc) is 2.52. The van der Waals surface area contributed by atoms with E-state index in [4.69, 9.17) is 0 Å². The monoisotopic (exact) mass is 362 g/mol. The molecule has 5 heteroatoms. The fourth-order valence-electron chi connectivity index (χ4n) is 2.91. The van der Waals surface area contributed by atoms with Crippen molar-refractivity contribution in [1.82, 2.24) is 10.6 Å². The number of carbonyl (C=O) groups is 2. The van der Waals surface area contributed by atoms with Gasteiger partial charge in [0.25, 0.3) is 11.8 Å². The molecule has 26 heavy (non-hydrogen) atoms. The number of rotatable bonds is 9. The Morgan fingerprint density at radius 2 is 1.62 bits per heavy atom. The van der Waals surface area contributed by atoms with Crippen LogP contribution in [0, 0.1) is 5.92 Å². The summed E-state index contributed by atoms with van der Waals surface area (Å²) in [6.45, 7) is 13.5. The zero-order chi connectivity index (χ0) is 19.7. The fourth-order valence-corrected chi connectivity index (χ4v) is 2.91. The molecule has 146 valence electrons. The standard InChI is InChI=1S/C21H35N3O2/c1-7-24(15-20(26)23-21(4,5)6)14-19(25)22-18(13-16(2)3)17-11-9-8-10-12-17/h8-12,16,18H,7,13-15H2,1-6H3,(H,22,25)(H,23,26)/p+1/t18-/m1/s1. The van der Waals surface area contributed by atoms with Crippen LogP contribution < -0.4 is 15.5 Å². The van der Waals surface area contributed by atoms with Crippen molar-refractivity contribution >= 4 is 11.8 Å². The van der Waals surface area contributed by atoms with E-state index in [0.29, 0.717) is 19.0 Å². The number of likely N-dealkylation sites (N-methyl/N-ethyl adjacent to an activating group) is 1. The Morgan fingerprint density at radius 1 is 1.04 bits per heavy atom. The summed E-state index contributed by atoms with van der Waals surface area (Å²) in [5.74, 6) is 0.441. The SMILES string of the molecule is CC[NH+](CC(=O)N[C@H](CC(C)C)c1ccccc1)CC(=O)NC(C)(C)C. The number of hydrogen-bond donors (Lipinski definition) is 3. The molecule has 1 unspecified atom stereocenters. The molecule has 3 N–H and O–H groups in total. The van der Waals surface area contributed by atoms with Crippen LogP contribution >= 0.6 is 0 Å². The molecule has 0 radical (unpaired) electrons. The highest BCUT2D eigenvalue weighted by atomic mass is 16.2. The number of hydrogen-bond acceptors (Lipinski definition) is 2. The zero-order valence-electron chi connectivity index (χ0n) is 17.2. The molecule has 1 aromatic rings. The van der Waals surface area contributed by atoms with E-state index in [1.54, 1.807) is 0 Å². The molecule has 2 atom stereocenters. The maximum Gasteiger partial charge on any atom is 0.275 e. The maximum absolute atomic E-state index is 12.6. The normalized spacial score (nSPS) is 14.0. The fraction of sp³-hybridized carbons (Fsp3) is 0.619. The molecule has 0 heterocycles. The Bertz CT molecular complexity index is 564. The first-order valence-corrected chi connectivity index (χ1v) is 9.59. The van der Waals surface area contributed by atoms with Gasteiger partial charge in [-0.15, -0.1) is 0 Å². The number of amides is 2. The van der Waals surface area contributed by atoms with Crippen molar-refractivity contribution in [3.63, 3.8) is 0 Å². The molecule has 2 amide bonds. The van der Waals surface area contributed by atoms with E-state index in [0.717, 1.165) is 23.4 Å². The smallest absolute Gasteiger partial charge is 0.275 e. The van der Waals surface area contributed by atoms with Crippen molar-refractivity contribution in [3.05, 3.63) is 35.9 Å². The third-order valence-electron chi connectivity index (χ3n) is 4.08. The molecular formula is C21H36N3O2+. The number of nitrogens with one attached hydrogen (secondary N) is 3. The molecule has 1 rings (SSSR count). The highest BCUT2D eigenvalue weighted by Gasteiger charge is 2.22. The van der Waals surface area contributed by atoms with Crippen LogP contribution in [0.4, 0.5) is 0 Å². The summed E-state index contributed by atoms with van der Waals surface area (Å²) in [7, 11) is 0. The summed E-state index contributed by atoms with van der Waals surface area (Å²) in [6, 6.07) is 10.1. The largest absolute Gasteiger partial charge is 0.347 e. The van der Waals surface area contributed by atoms with E-state index in [-0.39, 0.29) is 23.4 Å². The molecule has 0 saturated carbocycles. The summed E-state index contributed by atoms with van der Waals surface area (Å²) < 4.78 is 0. The number of carbonyl (C=O) groups excluding carboxylic acids is 2. The Balaban J connectivity index is 2.66. The van der Waals surface area contributed by atoms with E-state index >= 15 is 0 Å². The Kier molecular flexibility index (Phi) is 8.79. The van der Waals surface area contributed by atoms with Gasteiger partial charge in [-0.05, 0) is 45.6 Å². The lowest BCUT2D eigenvalue weighted by Crippen LogP contribution is -3.14. The first kappa shape index (κ1) is 22.2. The predicted octanol–water partition coefficient (Wildman–Crippen LogP) is 1.71. The molecule has 1 aromatic carbocycles. The minimum atomic E-state index is -0.256. The molecule has 0 aliphatic carbocycles. The van der Waals surface area contributed by atoms with Crippen molar-refractivity contribution in [2.45, 2.75) is 59.5 Å². The van der Waals surface area contributed by atoms with E-state index in [9.17, 15) is 9.59 Å². The van der Waals surface area contributed by atoms with Crippen LogP contribution in [0.15, 0.2) is 30.3 Å². The van der Waals surface area contributed by atoms with Crippen LogP contribution in [0.25, 0.3) is 0 Å². The van der Waals surface area contributed by atoms with Crippen molar-refractivity contribution in [2.24, 2.45) is 5.92 Å². The molecular weight excluding hydrogens is 326 g/mol. The van der Waals surface area contributed by atoms with Gasteiger partial charge in [0.05, 0.1) is 12.6 Å². The minimum Gasteiger partial charge on any atom is -0.347 e. The van der Waals surface area contributed by atoms with Crippen LogP contribution in [0.3, 0.4) is 0 Å². The second-order valence-corrected chi connectivity index (χ2v) is 8.42. The highest BCUT2D eigenvalue weighted by Crippen LogP contribution is 2.20. The third kappa shape index (κ3) is 8.99. The summed E-state index contributed by atoms with van der Waals surface area (Å²) in [4.78, 5) is 25.7. The third-order valence-corrected chi connectivity index (χ3v) is 4.08. The van der Waals surface area contributed by atoms with Gasteiger partial charge >= 0.3 is 0 Å². The lowest BCUT2D eigenvalue weighted by atomic mass is 9.97. The van der Waals surface area contributed by atoms with Crippen LogP contribution in [-0.2, 0) is 9.59 Å². The van der Waals surface area contributed by atoms with Crippen molar-refractivity contribution in [2.75, 3.05) is 19.6 Å². The quantitative estimate of drug-likeness (QED) is 0.626. The Labute approximate surface area is 158 Å². The minimum absolute atomic E-state index is 0.00482. The van der Waals surface area contributed by atoms with Crippen LogP contribution in [0.1, 0.15) is 59.6 Å². The van der Waals surface area contributed by atoms with Gasteiger partial charge in [-0.2, -0.15) is 0 Å². The lowest BCUT2D eigenvalue weighted by Gasteiger charge is -2.24. The van der Waals surface area contributed by atoms with Gasteiger partial charge in [0.1, 0.15) is 0 Å². The van der Waals surface area contributed by atoms with Crippen molar-refractivity contribution < 1.29 is 14.5 Å². The number of quaternary nitrogens is 1. The average molecular weight is 363 g/mol. The first-order chi connectivity index (χ1) is 12.1. The molecule has 0 fully saturated rings. The number of benzene rings is 1. The summed E-state index contributed by atoms with van der Waals surface area (Å²) >= 11 is 0. The van der Waals surface area contributed by atoms with Gasteiger partial charge < -0.3 is 15.5 Å². The van der Waals surface area contributed by atoms with E-state index in [1.807, 2.05) is 45.9 Å². The van der Waals surface area contributed by atoms with Gasteiger partial charge in [-0.25, -0.2) is 0 Å². The molecule has 0 saturated heterocycles. The van der Waals surface area contributed by atoms with Gasteiger partial charge in [0.15, 0.2) is 13.1 Å². The van der Waals surface area contributed by atoms with Crippen LogP contribution in [-0.4, -0.2) is 37.0 Å². The zero-order valence-corrected chi connectivity index (χ0v) is 17.2. The summed E-state index contributed by atoms with van der Waals surface area (Å²) in [5, 5.41) is 6.12. The first-order valence-electron chi connectivity index (χ1n) is 9.59. The second kappa shape index (κ2) is 10.3. The van der Waals surface area contributed by atoms with E-state index in [1.165, 1.54) is 0 Å². The lowest BCUT2D eigenvalue weighted by molar-refractivity contribution is -0.881. The topological polar surface area (TPSA) is 62.6 Å². The molecule has 0 aliphatic rings. The molecule has 0 spiro atoms. The molecule has 0 aromatic heterocycles. The van der Waals surface area contributed by atoms with Crippen molar-refractivity contribution in [3.8, 4) is 0 Å². The van der Waals surface area contributed by atoms with E-state index < -0.39 is 0 Å². The van der Waals surface area contributed by atoms with Crippen LogP contribution in [0.2, 0.25) is 0 Å². The predicted molar refractivity (Wildman–Crippen MR) is 106 cm³/mol. The highest BCUT2D eigenvalue weighted by molar-refractivity contribution is 5.79.